The maximum Gasteiger partial charge on any atom is 0.347 e. The summed E-state index contributed by atoms with van der Waals surface area (Å²) in [7, 11) is 0. The van der Waals surface area contributed by atoms with Crippen LogP contribution in [0.1, 0.15) is 12.5 Å². The van der Waals surface area contributed by atoms with E-state index in [2.05, 4.69) is 0 Å². The number of nitro groups is 1. The number of nitrogen functional groups attached to an aromatic ring is 1. The average Bonchev–Trinajstić information content (AvgIpc) is 2.81. The molecule has 0 amide bonds. The quantitative estimate of drug-likeness (QED) is 0.396. The Morgan fingerprint density at radius 1 is 1.55 bits per heavy atom. The van der Waals surface area contributed by atoms with Crippen molar-refractivity contribution in [2.75, 3.05) is 12.3 Å². The Morgan fingerprint density at radius 3 is 2.75 bits per heavy atom. The highest BCUT2D eigenvalue weighted by molar-refractivity contribution is 6.45. The topological polar surface area (TPSA) is 105 Å². The van der Waals surface area contributed by atoms with Crippen LogP contribution in [0.2, 0.25) is 10.0 Å². The fourth-order valence-corrected chi connectivity index (χ4v) is 2.42. The molecule has 0 aromatic heterocycles. The third-order valence-corrected chi connectivity index (χ3v) is 3.68. The highest BCUT2D eigenvalue weighted by Gasteiger charge is 2.40. The Balaban J connectivity index is 2.50. The predicted octanol–water partition coefficient (Wildman–Crippen LogP) is 2.35. The third kappa shape index (κ3) is 2.23. The van der Waals surface area contributed by atoms with Crippen LogP contribution >= 0.6 is 23.2 Å². The summed E-state index contributed by atoms with van der Waals surface area (Å²) in [6.07, 6.45) is -1.02. The van der Waals surface area contributed by atoms with E-state index in [4.69, 9.17) is 38.4 Å². The van der Waals surface area contributed by atoms with Crippen molar-refractivity contribution in [2.24, 2.45) is 0 Å². The van der Waals surface area contributed by atoms with E-state index in [-0.39, 0.29) is 45.8 Å². The minimum absolute atomic E-state index is 0.00983. The monoisotopic (exact) mass is 320 g/mol. The Morgan fingerprint density at radius 2 is 2.20 bits per heavy atom. The number of hydrogen-bond donors (Lipinski definition) is 1. The van der Waals surface area contributed by atoms with Crippen molar-refractivity contribution < 1.29 is 19.2 Å². The number of carbonyl (C=O) groups is 1. The maximum absolute atomic E-state index is 11.7. The zero-order chi connectivity index (χ0) is 15.0. The standard InChI is InChI=1S/C11H10Cl2N2O5/c1-2-19-11(16)5-3-4-9(15(17)18)8(14)6(12)7(13)10(4)20-5/h5H,2-3,14H2,1H3. The first kappa shape index (κ1) is 14.7. The van der Waals surface area contributed by atoms with Gasteiger partial charge in [-0.25, -0.2) is 4.79 Å². The number of hydrogen-bond acceptors (Lipinski definition) is 6. The molecule has 108 valence electrons. The van der Waals surface area contributed by atoms with Crippen LogP contribution in [0.15, 0.2) is 0 Å². The van der Waals surface area contributed by atoms with Crippen LogP contribution in [0.4, 0.5) is 11.4 Å². The minimum Gasteiger partial charge on any atom is -0.476 e. The predicted molar refractivity (Wildman–Crippen MR) is 72.3 cm³/mol. The van der Waals surface area contributed by atoms with E-state index in [0.717, 1.165) is 0 Å². The van der Waals surface area contributed by atoms with Crippen molar-refractivity contribution in [3.8, 4) is 5.75 Å². The summed E-state index contributed by atoms with van der Waals surface area (Å²) in [5, 5.41) is 10.9. The van der Waals surface area contributed by atoms with Crippen molar-refractivity contribution in [3.63, 3.8) is 0 Å². The van der Waals surface area contributed by atoms with Gasteiger partial charge in [-0.1, -0.05) is 23.2 Å². The van der Waals surface area contributed by atoms with Gasteiger partial charge in [-0.3, -0.25) is 10.1 Å². The lowest BCUT2D eigenvalue weighted by atomic mass is 10.1. The molecule has 2 N–H and O–H groups in total. The van der Waals surface area contributed by atoms with Crippen molar-refractivity contribution in [2.45, 2.75) is 19.4 Å². The first-order valence-electron chi connectivity index (χ1n) is 5.65. The van der Waals surface area contributed by atoms with Crippen LogP contribution in [-0.4, -0.2) is 23.6 Å². The average molecular weight is 321 g/mol. The van der Waals surface area contributed by atoms with Crippen LogP contribution in [0, 0.1) is 10.1 Å². The van der Waals surface area contributed by atoms with E-state index in [9.17, 15) is 14.9 Å². The number of anilines is 1. The molecule has 1 atom stereocenters. The summed E-state index contributed by atoms with van der Waals surface area (Å²) >= 11 is 11.8. The van der Waals surface area contributed by atoms with Gasteiger partial charge in [0, 0.05) is 6.42 Å². The molecule has 1 heterocycles. The fraction of sp³-hybridized carbons (Fsp3) is 0.364. The number of rotatable bonds is 3. The Kier molecular flexibility index (Phi) is 3.92. The minimum atomic E-state index is -0.987. The molecule has 20 heavy (non-hydrogen) atoms. The molecule has 1 unspecified atom stereocenters. The Hall–Kier alpha value is -1.73. The highest BCUT2D eigenvalue weighted by atomic mass is 35.5. The van der Waals surface area contributed by atoms with E-state index < -0.39 is 17.0 Å². The molecule has 2 rings (SSSR count). The summed E-state index contributed by atoms with van der Waals surface area (Å²) in [4.78, 5) is 22.1. The first-order chi connectivity index (χ1) is 9.38. The van der Waals surface area contributed by atoms with Crippen LogP contribution in [0.5, 0.6) is 5.75 Å². The molecule has 1 aromatic carbocycles. The lowest BCUT2D eigenvalue weighted by Crippen LogP contribution is -2.27. The molecule has 0 spiro atoms. The zero-order valence-electron chi connectivity index (χ0n) is 10.3. The number of esters is 1. The van der Waals surface area contributed by atoms with E-state index in [1.54, 1.807) is 6.92 Å². The number of halogens is 2. The second kappa shape index (κ2) is 5.34. The van der Waals surface area contributed by atoms with Crippen molar-refractivity contribution in [3.05, 3.63) is 25.7 Å². The van der Waals surface area contributed by atoms with Crippen LogP contribution in [0.25, 0.3) is 0 Å². The lowest BCUT2D eigenvalue weighted by Gasteiger charge is -2.10. The van der Waals surface area contributed by atoms with Gasteiger partial charge >= 0.3 is 11.7 Å². The molecule has 9 heteroatoms. The maximum atomic E-state index is 11.7. The summed E-state index contributed by atoms with van der Waals surface area (Å²) < 4.78 is 10.1. The Labute approximate surface area is 123 Å². The summed E-state index contributed by atoms with van der Waals surface area (Å²) in [5.74, 6) is -0.612. The third-order valence-electron chi connectivity index (χ3n) is 2.83. The molecule has 1 aliphatic heterocycles. The second-order valence-electron chi connectivity index (χ2n) is 4.02. The molecule has 0 fully saturated rings. The van der Waals surface area contributed by atoms with E-state index in [1.807, 2.05) is 0 Å². The smallest absolute Gasteiger partial charge is 0.347 e. The number of carbonyl (C=O) groups excluding carboxylic acids is 1. The van der Waals surface area contributed by atoms with Gasteiger partial charge in [0.05, 0.1) is 22.1 Å². The summed E-state index contributed by atoms with van der Waals surface area (Å²) in [5.41, 5.74) is 5.13. The number of nitrogens with two attached hydrogens (primary N) is 1. The summed E-state index contributed by atoms with van der Waals surface area (Å²) in [6.45, 7) is 1.82. The van der Waals surface area contributed by atoms with E-state index >= 15 is 0 Å². The van der Waals surface area contributed by atoms with Gasteiger partial charge in [-0.2, -0.15) is 0 Å². The molecule has 0 saturated carbocycles. The van der Waals surface area contributed by atoms with E-state index in [0.29, 0.717) is 0 Å². The van der Waals surface area contributed by atoms with E-state index in [1.165, 1.54) is 0 Å². The van der Waals surface area contributed by atoms with Crippen LogP contribution in [-0.2, 0) is 16.0 Å². The molecule has 0 radical (unpaired) electrons. The fourth-order valence-electron chi connectivity index (χ4n) is 1.98. The molecule has 1 aromatic rings. The molecular formula is C11H10Cl2N2O5. The van der Waals surface area contributed by atoms with Gasteiger partial charge in [0.1, 0.15) is 10.7 Å². The largest absolute Gasteiger partial charge is 0.476 e. The first-order valence-corrected chi connectivity index (χ1v) is 6.41. The number of ether oxygens (including phenoxy) is 2. The highest BCUT2D eigenvalue weighted by Crippen LogP contribution is 2.49. The summed E-state index contributed by atoms with van der Waals surface area (Å²) in [6, 6.07) is 0. The van der Waals surface area contributed by atoms with Gasteiger partial charge in [-0.15, -0.1) is 0 Å². The normalized spacial score (nSPS) is 16.4. The molecule has 0 bridgehead atoms. The Bertz CT molecular complexity index is 605. The molecule has 1 aliphatic rings. The molecule has 0 aliphatic carbocycles. The van der Waals surface area contributed by atoms with Crippen molar-refractivity contribution in [1.29, 1.82) is 0 Å². The van der Waals surface area contributed by atoms with Gasteiger partial charge in [-0.05, 0) is 6.92 Å². The number of nitro benzene ring substituents is 1. The van der Waals surface area contributed by atoms with Crippen LogP contribution in [0.3, 0.4) is 0 Å². The SMILES string of the molecule is CCOC(=O)C1Cc2c(c(Cl)c(Cl)c(N)c2[N+](=O)[O-])O1. The lowest BCUT2D eigenvalue weighted by molar-refractivity contribution is -0.384. The number of nitrogens with zero attached hydrogens (tertiary/aromatic N) is 1. The van der Waals surface area contributed by atoms with Crippen molar-refractivity contribution in [1.82, 2.24) is 0 Å². The molecular weight excluding hydrogens is 311 g/mol. The second-order valence-corrected chi connectivity index (χ2v) is 4.77. The van der Waals surface area contributed by atoms with Gasteiger partial charge in [0.2, 0.25) is 0 Å². The van der Waals surface area contributed by atoms with Crippen LogP contribution < -0.4 is 10.5 Å². The molecule has 0 saturated heterocycles. The van der Waals surface area contributed by atoms with Gasteiger partial charge in [0.25, 0.3) is 0 Å². The zero-order valence-corrected chi connectivity index (χ0v) is 11.8. The van der Waals surface area contributed by atoms with Gasteiger partial charge in [0.15, 0.2) is 11.9 Å². The number of benzene rings is 1. The van der Waals surface area contributed by atoms with Gasteiger partial charge < -0.3 is 15.2 Å². The van der Waals surface area contributed by atoms with Crippen molar-refractivity contribution >= 4 is 40.5 Å². The molecule has 7 nitrogen and oxygen atoms in total. The number of fused-ring (bicyclic) bond motifs is 1.